The fourth-order valence-electron chi connectivity index (χ4n) is 2.57. The first kappa shape index (κ1) is 13.7. The number of halogens is 1. The summed E-state index contributed by atoms with van der Waals surface area (Å²) in [6, 6.07) is 3.96. The maximum atomic E-state index is 13.9. The lowest BCUT2D eigenvalue weighted by Gasteiger charge is -2.38. The number of nitrogens with zero attached hydrogens (tertiary/aromatic N) is 2. The van der Waals surface area contributed by atoms with E-state index in [-0.39, 0.29) is 11.7 Å². The van der Waals surface area contributed by atoms with Crippen molar-refractivity contribution in [1.29, 1.82) is 0 Å². The summed E-state index contributed by atoms with van der Waals surface area (Å²) in [6.45, 7) is 3.46. The molecule has 1 saturated heterocycles. The molecule has 19 heavy (non-hydrogen) atoms. The van der Waals surface area contributed by atoms with E-state index in [1.165, 1.54) is 12.1 Å². The third kappa shape index (κ3) is 2.84. The van der Waals surface area contributed by atoms with Crippen LogP contribution >= 0.6 is 0 Å². The van der Waals surface area contributed by atoms with Crippen molar-refractivity contribution in [3.05, 3.63) is 34.1 Å². The highest BCUT2D eigenvalue weighted by atomic mass is 19.1. The molecule has 1 heterocycles. The quantitative estimate of drug-likeness (QED) is 0.673. The summed E-state index contributed by atoms with van der Waals surface area (Å²) in [5.74, 6) is -0.206. The number of benzene rings is 1. The Labute approximate surface area is 111 Å². The predicted octanol–water partition coefficient (Wildman–Crippen LogP) is 2.30. The summed E-state index contributed by atoms with van der Waals surface area (Å²) in [5, 5.41) is 10.6. The van der Waals surface area contributed by atoms with Crippen LogP contribution < -0.4 is 10.6 Å². The Morgan fingerprint density at radius 1 is 1.58 bits per heavy atom. The van der Waals surface area contributed by atoms with Crippen LogP contribution in [0.1, 0.15) is 19.8 Å². The van der Waals surface area contributed by atoms with E-state index in [0.717, 1.165) is 18.9 Å². The van der Waals surface area contributed by atoms with Crippen LogP contribution in [0.3, 0.4) is 0 Å². The molecule has 0 radical (unpaired) electrons. The van der Waals surface area contributed by atoms with E-state index in [1.807, 2.05) is 4.90 Å². The maximum Gasteiger partial charge on any atom is 0.272 e. The highest BCUT2D eigenvalue weighted by Gasteiger charge is 2.27. The van der Waals surface area contributed by atoms with Gasteiger partial charge >= 0.3 is 0 Å². The molecule has 0 aromatic heterocycles. The predicted molar refractivity (Wildman–Crippen MR) is 71.6 cm³/mol. The Balaban J connectivity index is 2.20. The standard InChI is InChI=1S/C13H18FN3O2/c1-2-9-8-16(6-5-12(9)15)13-4-3-10(17(18)19)7-11(13)14/h3-4,7,9,12H,2,5-6,8,15H2,1H3. The Morgan fingerprint density at radius 2 is 2.32 bits per heavy atom. The van der Waals surface area contributed by atoms with Crippen LogP contribution in [0, 0.1) is 21.8 Å². The zero-order valence-electron chi connectivity index (χ0n) is 10.9. The van der Waals surface area contributed by atoms with Gasteiger partial charge in [-0.05, 0) is 18.4 Å². The second kappa shape index (κ2) is 5.52. The van der Waals surface area contributed by atoms with E-state index in [0.29, 0.717) is 24.7 Å². The van der Waals surface area contributed by atoms with Crippen LogP contribution in [0.15, 0.2) is 18.2 Å². The van der Waals surface area contributed by atoms with Gasteiger partial charge in [0.15, 0.2) is 5.82 Å². The molecule has 104 valence electrons. The van der Waals surface area contributed by atoms with Gasteiger partial charge < -0.3 is 10.6 Å². The van der Waals surface area contributed by atoms with Gasteiger partial charge in [0.2, 0.25) is 0 Å². The molecule has 2 atom stereocenters. The fraction of sp³-hybridized carbons (Fsp3) is 0.538. The van der Waals surface area contributed by atoms with Gasteiger partial charge in [0, 0.05) is 25.2 Å². The number of non-ortho nitro benzene ring substituents is 1. The Hall–Kier alpha value is -1.69. The largest absolute Gasteiger partial charge is 0.369 e. The highest BCUT2D eigenvalue weighted by molar-refractivity contribution is 5.52. The van der Waals surface area contributed by atoms with E-state index >= 15 is 0 Å². The normalized spacial score (nSPS) is 23.4. The summed E-state index contributed by atoms with van der Waals surface area (Å²) in [5.41, 5.74) is 6.23. The number of nitro groups is 1. The monoisotopic (exact) mass is 267 g/mol. The molecule has 1 fully saturated rings. The highest BCUT2D eigenvalue weighted by Crippen LogP contribution is 2.28. The van der Waals surface area contributed by atoms with E-state index in [4.69, 9.17) is 5.73 Å². The molecule has 2 N–H and O–H groups in total. The third-order valence-electron chi connectivity index (χ3n) is 3.80. The number of nitrogens with two attached hydrogens (primary N) is 1. The molecule has 6 heteroatoms. The van der Waals surface area contributed by atoms with Crippen LogP contribution in [0.25, 0.3) is 0 Å². The van der Waals surface area contributed by atoms with Crippen molar-refractivity contribution in [2.75, 3.05) is 18.0 Å². The lowest BCUT2D eigenvalue weighted by molar-refractivity contribution is -0.385. The van der Waals surface area contributed by atoms with E-state index in [1.54, 1.807) is 0 Å². The van der Waals surface area contributed by atoms with Gasteiger partial charge in [-0.1, -0.05) is 13.3 Å². The van der Waals surface area contributed by atoms with Gasteiger partial charge in [-0.25, -0.2) is 4.39 Å². The number of piperidine rings is 1. The second-order valence-electron chi connectivity index (χ2n) is 4.96. The first-order chi connectivity index (χ1) is 9.02. The van der Waals surface area contributed by atoms with Gasteiger partial charge in [-0.15, -0.1) is 0 Å². The molecule has 0 bridgehead atoms. The molecule has 5 nitrogen and oxygen atoms in total. The van der Waals surface area contributed by atoms with Crippen LogP contribution in [0.2, 0.25) is 0 Å². The van der Waals surface area contributed by atoms with Crippen molar-refractivity contribution in [2.24, 2.45) is 11.7 Å². The minimum absolute atomic E-state index is 0.155. The topological polar surface area (TPSA) is 72.4 Å². The molecule has 1 aliphatic rings. The second-order valence-corrected chi connectivity index (χ2v) is 4.96. The van der Waals surface area contributed by atoms with Gasteiger partial charge in [-0.2, -0.15) is 0 Å². The summed E-state index contributed by atoms with van der Waals surface area (Å²) >= 11 is 0. The minimum atomic E-state index is -0.589. The SMILES string of the molecule is CCC1CN(c2ccc([N+](=O)[O-])cc2F)CCC1N. The summed E-state index contributed by atoms with van der Waals surface area (Å²) in [7, 11) is 0. The van der Waals surface area contributed by atoms with Gasteiger partial charge in [0.25, 0.3) is 5.69 Å². The summed E-state index contributed by atoms with van der Waals surface area (Å²) in [4.78, 5) is 11.9. The van der Waals surface area contributed by atoms with Gasteiger partial charge in [-0.3, -0.25) is 10.1 Å². The molecular weight excluding hydrogens is 249 g/mol. The van der Waals surface area contributed by atoms with Gasteiger partial charge in [0.1, 0.15) is 0 Å². The van der Waals surface area contributed by atoms with Crippen LogP contribution in [0.5, 0.6) is 0 Å². The van der Waals surface area contributed by atoms with E-state index < -0.39 is 10.7 Å². The molecule has 0 saturated carbocycles. The van der Waals surface area contributed by atoms with Crippen molar-refractivity contribution in [1.82, 2.24) is 0 Å². The number of hydrogen-bond acceptors (Lipinski definition) is 4. The lowest BCUT2D eigenvalue weighted by Crippen LogP contribution is -2.47. The average molecular weight is 267 g/mol. The van der Waals surface area contributed by atoms with Crippen LogP contribution in [-0.4, -0.2) is 24.1 Å². The number of anilines is 1. The van der Waals surface area contributed by atoms with Crippen LogP contribution in [0.4, 0.5) is 15.8 Å². The summed E-state index contributed by atoms with van der Waals surface area (Å²) in [6.07, 6.45) is 1.77. The zero-order valence-corrected chi connectivity index (χ0v) is 10.9. The Bertz CT molecular complexity index is 481. The number of rotatable bonds is 3. The first-order valence-electron chi connectivity index (χ1n) is 6.47. The van der Waals surface area contributed by atoms with Crippen molar-refractivity contribution in [2.45, 2.75) is 25.8 Å². The molecule has 1 aromatic rings. The third-order valence-corrected chi connectivity index (χ3v) is 3.80. The molecular formula is C13H18FN3O2. The van der Waals surface area contributed by atoms with E-state index in [2.05, 4.69) is 6.92 Å². The Morgan fingerprint density at radius 3 is 2.89 bits per heavy atom. The maximum absolute atomic E-state index is 13.9. The van der Waals surface area contributed by atoms with E-state index in [9.17, 15) is 14.5 Å². The van der Waals surface area contributed by atoms with Crippen molar-refractivity contribution in [3.8, 4) is 0 Å². The smallest absolute Gasteiger partial charge is 0.272 e. The molecule has 1 aromatic carbocycles. The fourth-order valence-corrected chi connectivity index (χ4v) is 2.57. The number of nitro benzene ring substituents is 1. The molecule has 2 unspecified atom stereocenters. The first-order valence-corrected chi connectivity index (χ1v) is 6.47. The molecule has 0 amide bonds. The summed E-state index contributed by atoms with van der Waals surface area (Å²) < 4.78 is 13.9. The average Bonchev–Trinajstić information content (AvgIpc) is 2.39. The molecule has 0 aliphatic carbocycles. The van der Waals surface area contributed by atoms with Crippen molar-refractivity contribution < 1.29 is 9.31 Å². The van der Waals surface area contributed by atoms with Gasteiger partial charge in [0.05, 0.1) is 16.7 Å². The molecule has 0 spiro atoms. The molecule has 1 aliphatic heterocycles. The Kier molecular flexibility index (Phi) is 3.99. The minimum Gasteiger partial charge on any atom is -0.369 e. The molecule has 2 rings (SSSR count). The van der Waals surface area contributed by atoms with Crippen molar-refractivity contribution in [3.63, 3.8) is 0 Å². The van der Waals surface area contributed by atoms with Crippen LogP contribution in [-0.2, 0) is 0 Å². The number of hydrogen-bond donors (Lipinski definition) is 1. The lowest BCUT2D eigenvalue weighted by atomic mass is 9.90. The van der Waals surface area contributed by atoms with Crippen molar-refractivity contribution >= 4 is 11.4 Å². The zero-order chi connectivity index (χ0) is 14.0.